The maximum absolute atomic E-state index is 12.2. The summed E-state index contributed by atoms with van der Waals surface area (Å²) < 4.78 is 1.82. The number of carbonyl (C=O) groups excluding carboxylic acids is 2. The molecule has 3 aromatic rings. The van der Waals surface area contributed by atoms with Gasteiger partial charge in [-0.1, -0.05) is 36.0 Å². The highest BCUT2D eigenvalue weighted by atomic mass is 32.2. The number of benzene rings is 2. The molecule has 0 aliphatic heterocycles. The fourth-order valence-corrected chi connectivity index (χ4v) is 3.03. The molecule has 0 radical (unpaired) electrons. The summed E-state index contributed by atoms with van der Waals surface area (Å²) in [5.41, 5.74) is 1.99. The van der Waals surface area contributed by atoms with Crippen LogP contribution in [-0.4, -0.2) is 39.4 Å². The standard InChI is InChI=1S/C18H17N5O2S/c1-19-17(25)13-6-5-7-14(10-13)21-16(24)11-26-18-22-20-12-23(18)15-8-3-2-4-9-15/h2-10,12H,11H2,1H3,(H,19,25)(H,21,24). The summed E-state index contributed by atoms with van der Waals surface area (Å²) in [7, 11) is 1.56. The summed E-state index contributed by atoms with van der Waals surface area (Å²) in [6, 6.07) is 16.4. The van der Waals surface area contributed by atoms with Crippen LogP contribution in [0.3, 0.4) is 0 Å². The Kier molecular flexibility index (Phi) is 5.65. The van der Waals surface area contributed by atoms with E-state index in [2.05, 4.69) is 20.8 Å². The first-order valence-corrected chi connectivity index (χ1v) is 8.86. The number of carbonyl (C=O) groups is 2. The molecule has 1 heterocycles. The number of thioether (sulfide) groups is 1. The van der Waals surface area contributed by atoms with Crippen LogP contribution < -0.4 is 10.6 Å². The van der Waals surface area contributed by atoms with E-state index in [4.69, 9.17) is 0 Å². The normalized spacial score (nSPS) is 10.3. The Morgan fingerprint density at radius 1 is 1.12 bits per heavy atom. The summed E-state index contributed by atoms with van der Waals surface area (Å²) in [4.78, 5) is 23.9. The number of nitrogens with one attached hydrogen (secondary N) is 2. The molecule has 2 amide bonds. The molecule has 7 nitrogen and oxygen atoms in total. The van der Waals surface area contributed by atoms with Crippen LogP contribution in [0.2, 0.25) is 0 Å². The van der Waals surface area contributed by atoms with Gasteiger partial charge in [-0.2, -0.15) is 0 Å². The minimum Gasteiger partial charge on any atom is -0.355 e. The molecule has 0 bridgehead atoms. The zero-order chi connectivity index (χ0) is 18.4. The first-order valence-electron chi connectivity index (χ1n) is 7.87. The van der Waals surface area contributed by atoms with Crippen molar-refractivity contribution in [2.24, 2.45) is 0 Å². The van der Waals surface area contributed by atoms with Gasteiger partial charge in [-0.05, 0) is 30.3 Å². The number of aromatic nitrogens is 3. The maximum atomic E-state index is 12.2. The third-order valence-electron chi connectivity index (χ3n) is 3.52. The maximum Gasteiger partial charge on any atom is 0.251 e. The zero-order valence-electron chi connectivity index (χ0n) is 14.0. The Balaban J connectivity index is 1.62. The van der Waals surface area contributed by atoms with Crippen molar-refractivity contribution in [2.75, 3.05) is 18.1 Å². The minimum absolute atomic E-state index is 0.176. The van der Waals surface area contributed by atoms with Crippen molar-refractivity contribution >= 4 is 29.3 Å². The van der Waals surface area contributed by atoms with Gasteiger partial charge in [-0.25, -0.2) is 0 Å². The number of anilines is 1. The first-order chi connectivity index (χ1) is 12.7. The van der Waals surface area contributed by atoms with Gasteiger partial charge >= 0.3 is 0 Å². The zero-order valence-corrected chi connectivity index (χ0v) is 14.9. The van der Waals surface area contributed by atoms with E-state index in [9.17, 15) is 9.59 Å². The molecule has 2 aromatic carbocycles. The minimum atomic E-state index is -0.202. The average molecular weight is 367 g/mol. The fourth-order valence-electron chi connectivity index (χ4n) is 2.30. The summed E-state index contributed by atoms with van der Waals surface area (Å²) in [5.74, 6) is -0.214. The summed E-state index contributed by atoms with van der Waals surface area (Å²) in [6.45, 7) is 0. The SMILES string of the molecule is CNC(=O)c1cccc(NC(=O)CSc2nncn2-c2ccccc2)c1. The molecule has 0 aliphatic carbocycles. The fraction of sp³-hybridized carbons (Fsp3) is 0.111. The van der Waals surface area contributed by atoms with E-state index >= 15 is 0 Å². The Bertz CT molecular complexity index is 911. The molecule has 0 spiro atoms. The van der Waals surface area contributed by atoms with E-state index in [1.165, 1.54) is 11.8 Å². The van der Waals surface area contributed by atoms with Crippen LogP contribution >= 0.6 is 11.8 Å². The third kappa shape index (κ3) is 4.28. The molecule has 8 heteroatoms. The highest BCUT2D eigenvalue weighted by Gasteiger charge is 2.11. The second-order valence-electron chi connectivity index (χ2n) is 5.32. The van der Waals surface area contributed by atoms with E-state index in [-0.39, 0.29) is 17.6 Å². The van der Waals surface area contributed by atoms with Crippen molar-refractivity contribution in [3.05, 3.63) is 66.5 Å². The van der Waals surface area contributed by atoms with Crippen molar-refractivity contribution in [3.8, 4) is 5.69 Å². The quantitative estimate of drug-likeness (QED) is 0.653. The van der Waals surface area contributed by atoms with Gasteiger partial charge in [0.2, 0.25) is 5.91 Å². The lowest BCUT2D eigenvalue weighted by Gasteiger charge is -2.08. The van der Waals surface area contributed by atoms with Gasteiger partial charge in [0.15, 0.2) is 5.16 Å². The van der Waals surface area contributed by atoms with E-state index in [0.29, 0.717) is 16.4 Å². The van der Waals surface area contributed by atoms with Crippen molar-refractivity contribution in [3.63, 3.8) is 0 Å². The van der Waals surface area contributed by atoms with Crippen LogP contribution in [0.4, 0.5) is 5.69 Å². The lowest BCUT2D eigenvalue weighted by atomic mass is 10.2. The Labute approximate surface area is 154 Å². The average Bonchev–Trinajstić information content (AvgIpc) is 3.15. The first kappa shape index (κ1) is 17.7. The number of amides is 2. The van der Waals surface area contributed by atoms with Gasteiger partial charge in [-0.15, -0.1) is 10.2 Å². The monoisotopic (exact) mass is 367 g/mol. The molecule has 1 aromatic heterocycles. The highest BCUT2D eigenvalue weighted by molar-refractivity contribution is 7.99. The number of rotatable bonds is 6. The highest BCUT2D eigenvalue weighted by Crippen LogP contribution is 2.19. The number of hydrogen-bond acceptors (Lipinski definition) is 5. The van der Waals surface area contributed by atoms with Crippen LogP contribution in [0.25, 0.3) is 5.69 Å². The molecule has 0 atom stereocenters. The van der Waals surface area contributed by atoms with E-state index < -0.39 is 0 Å². The molecule has 0 saturated heterocycles. The van der Waals surface area contributed by atoms with E-state index in [1.807, 2.05) is 34.9 Å². The van der Waals surface area contributed by atoms with Gasteiger partial charge in [0.1, 0.15) is 6.33 Å². The second-order valence-corrected chi connectivity index (χ2v) is 6.26. The summed E-state index contributed by atoms with van der Waals surface area (Å²) >= 11 is 1.29. The van der Waals surface area contributed by atoms with E-state index in [1.54, 1.807) is 37.6 Å². The van der Waals surface area contributed by atoms with Crippen LogP contribution in [0, 0.1) is 0 Å². The predicted octanol–water partition coefficient (Wildman–Crippen LogP) is 2.36. The lowest BCUT2D eigenvalue weighted by Crippen LogP contribution is -2.19. The smallest absolute Gasteiger partial charge is 0.251 e. The van der Waals surface area contributed by atoms with Crippen LogP contribution in [0.1, 0.15) is 10.4 Å². The molecule has 0 fully saturated rings. The van der Waals surface area contributed by atoms with Crippen LogP contribution in [0.15, 0.2) is 66.1 Å². The summed E-state index contributed by atoms with van der Waals surface area (Å²) in [6.07, 6.45) is 1.61. The molecular formula is C18H17N5O2S. The largest absolute Gasteiger partial charge is 0.355 e. The number of para-hydroxylation sites is 1. The molecule has 0 saturated carbocycles. The van der Waals surface area contributed by atoms with Crippen molar-refractivity contribution < 1.29 is 9.59 Å². The Morgan fingerprint density at radius 2 is 1.92 bits per heavy atom. The van der Waals surface area contributed by atoms with Crippen molar-refractivity contribution in [1.82, 2.24) is 20.1 Å². The predicted molar refractivity (Wildman–Crippen MR) is 101 cm³/mol. The van der Waals surface area contributed by atoms with Gasteiger partial charge in [0, 0.05) is 24.0 Å². The van der Waals surface area contributed by atoms with Gasteiger partial charge in [-0.3, -0.25) is 14.2 Å². The van der Waals surface area contributed by atoms with Gasteiger partial charge in [0.05, 0.1) is 5.75 Å². The van der Waals surface area contributed by atoms with Crippen molar-refractivity contribution in [2.45, 2.75) is 5.16 Å². The lowest BCUT2D eigenvalue weighted by molar-refractivity contribution is -0.113. The molecule has 0 unspecified atom stereocenters. The molecule has 26 heavy (non-hydrogen) atoms. The van der Waals surface area contributed by atoms with E-state index in [0.717, 1.165) is 5.69 Å². The van der Waals surface area contributed by atoms with Gasteiger partial charge in [0.25, 0.3) is 5.91 Å². The second kappa shape index (κ2) is 8.30. The molecule has 132 valence electrons. The molecule has 0 aliphatic rings. The van der Waals surface area contributed by atoms with Gasteiger partial charge < -0.3 is 10.6 Å². The molecule has 2 N–H and O–H groups in total. The Hall–Kier alpha value is -3.13. The molecular weight excluding hydrogens is 350 g/mol. The topological polar surface area (TPSA) is 88.9 Å². The van der Waals surface area contributed by atoms with Crippen LogP contribution in [0.5, 0.6) is 0 Å². The number of nitrogens with zero attached hydrogens (tertiary/aromatic N) is 3. The van der Waals surface area contributed by atoms with Crippen LogP contribution in [-0.2, 0) is 4.79 Å². The molecule has 3 rings (SSSR count). The Morgan fingerprint density at radius 3 is 2.69 bits per heavy atom. The third-order valence-corrected chi connectivity index (χ3v) is 4.46. The summed E-state index contributed by atoms with van der Waals surface area (Å²) in [5, 5.41) is 13.9. The van der Waals surface area contributed by atoms with Crippen molar-refractivity contribution in [1.29, 1.82) is 0 Å². The number of hydrogen-bond donors (Lipinski definition) is 2.